The zero-order valence-corrected chi connectivity index (χ0v) is 21.9. The van der Waals surface area contributed by atoms with Crippen LogP contribution in [-0.4, -0.2) is 39.3 Å². The number of nitrogens with zero attached hydrogens (tertiary/aromatic N) is 4. The lowest BCUT2D eigenvalue weighted by molar-refractivity contribution is -0.122. The van der Waals surface area contributed by atoms with Crippen molar-refractivity contribution in [1.82, 2.24) is 9.47 Å². The van der Waals surface area contributed by atoms with E-state index < -0.39 is 0 Å². The second-order valence-electron chi connectivity index (χ2n) is 8.87. The van der Waals surface area contributed by atoms with Crippen molar-refractivity contribution in [3.05, 3.63) is 67.8 Å². The van der Waals surface area contributed by atoms with Gasteiger partial charge in [-0.2, -0.15) is 5.26 Å². The van der Waals surface area contributed by atoms with Crippen LogP contribution in [-0.2, 0) is 17.8 Å². The molecule has 35 heavy (non-hydrogen) atoms. The van der Waals surface area contributed by atoms with Crippen molar-refractivity contribution in [3.8, 4) is 6.07 Å². The van der Waals surface area contributed by atoms with Crippen molar-refractivity contribution in [1.29, 1.82) is 5.26 Å². The topological polar surface area (TPSA) is 69.3 Å². The Labute approximate surface area is 216 Å². The smallest absolute Gasteiger partial charge is 0.270 e. The van der Waals surface area contributed by atoms with Crippen molar-refractivity contribution in [3.63, 3.8) is 0 Å². The fraction of sp³-hybridized carbons (Fsp3) is 0.407. The number of thiocarbonyl (C=S) groups is 1. The number of carbonyl (C=O) groups excluding carboxylic acids is 1. The first-order chi connectivity index (χ1) is 17.0. The van der Waals surface area contributed by atoms with E-state index in [0.29, 0.717) is 27.9 Å². The molecule has 0 unspecified atom stereocenters. The van der Waals surface area contributed by atoms with Crippen LogP contribution in [0.5, 0.6) is 0 Å². The molecule has 2 aliphatic rings. The Bertz CT molecular complexity index is 1250. The Morgan fingerprint density at radius 2 is 1.80 bits per heavy atom. The van der Waals surface area contributed by atoms with Crippen molar-refractivity contribution in [2.75, 3.05) is 24.5 Å². The van der Waals surface area contributed by atoms with Gasteiger partial charge in [-0.3, -0.25) is 19.1 Å². The minimum absolute atomic E-state index is 0.120. The maximum absolute atomic E-state index is 13.4. The van der Waals surface area contributed by atoms with Gasteiger partial charge in [0.05, 0.1) is 4.91 Å². The third-order valence-corrected chi connectivity index (χ3v) is 8.06. The first kappa shape index (κ1) is 25.2. The summed E-state index contributed by atoms with van der Waals surface area (Å²) >= 11 is 6.85. The molecule has 0 aliphatic carbocycles. The zero-order chi connectivity index (χ0) is 24.9. The molecular formula is C27H30N4O2S2. The van der Waals surface area contributed by atoms with E-state index in [4.69, 9.17) is 12.2 Å². The van der Waals surface area contributed by atoms with Crippen LogP contribution in [0.4, 0.5) is 5.82 Å². The molecule has 1 amide bonds. The zero-order valence-electron chi connectivity index (χ0n) is 20.2. The maximum atomic E-state index is 13.4. The summed E-state index contributed by atoms with van der Waals surface area (Å²) in [7, 11) is 0. The molecule has 0 atom stereocenters. The molecule has 3 heterocycles. The van der Waals surface area contributed by atoms with Gasteiger partial charge in [-0.15, -0.1) is 0 Å². The number of benzene rings is 1. The van der Waals surface area contributed by atoms with Gasteiger partial charge in [0, 0.05) is 31.7 Å². The lowest BCUT2D eigenvalue weighted by Gasteiger charge is -2.29. The quantitative estimate of drug-likeness (QED) is 0.411. The molecule has 1 aromatic heterocycles. The minimum atomic E-state index is -0.265. The van der Waals surface area contributed by atoms with Crippen LogP contribution in [0.3, 0.4) is 0 Å². The molecule has 1 aromatic carbocycles. The molecule has 2 aliphatic heterocycles. The fourth-order valence-corrected chi connectivity index (χ4v) is 6.06. The predicted octanol–water partition coefficient (Wildman–Crippen LogP) is 4.87. The van der Waals surface area contributed by atoms with Crippen molar-refractivity contribution in [2.24, 2.45) is 0 Å². The average Bonchev–Trinajstić information content (AvgIpc) is 3.03. The average molecular weight is 507 g/mol. The summed E-state index contributed by atoms with van der Waals surface area (Å²) in [6.07, 6.45) is 7.01. The van der Waals surface area contributed by atoms with Crippen molar-refractivity contribution in [2.45, 2.75) is 52.5 Å². The van der Waals surface area contributed by atoms with Gasteiger partial charge in [0.15, 0.2) is 0 Å². The lowest BCUT2D eigenvalue weighted by Crippen LogP contribution is -2.35. The number of hydrogen-bond donors (Lipinski definition) is 0. The summed E-state index contributed by atoms with van der Waals surface area (Å²) in [5, 5.41) is 9.77. The van der Waals surface area contributed by atoms with Crippen LogP contribution in [0.1, 0.15) is 54.9 Å². The first-order valence-electron chi connectivity index (χ1n) is 12.2. The van der Waals surface area contributed by atoms with Gasteiger partial charge in [0.2, 0.25) is 0 Å². The normalized spacial score (nSPS) is 17.7. The van der Waals surface area contributed by atoms with Gasteiger partial charge >= 0.3 is 0 Å². The van der Waals surface area contributed by atoms with E-state index >= 15 is 0 Å². The molecule has 8 heteroatoms. The standard InChI is InChI=1S/C27H30N4O2S2/c1-3-30-24(29-14-9-4-5-10-15-29)21(19(2)22(18-28)25(30)32)17-23-26(33)31(27(34)35-23)16-13-20-11-7-6-8-12-20/h6-8,11-12,17H,3-5,9-10,13-16H2,1-2H3. The number of carbonyl (C=O) groups is 1. The highest BCUT2D eigenvalue weighted by molar-refractivity contribution is 8.26. The van der Waals surface area contributed by atoms with Gasteiger partial charge in [-0.1, -0.05) is 67.2 Å². The lowest BCUT2D eigenvalue weighted by atomic mass is 10.0. The predicted molar refractivity (Wildman–Crippen MR) is 147 cm³/mol. The van der Waals surface area contributed by atoms with E-state index in [2.05, 4.69) is 11.0 Å². The summed E-state index contributed by atoms with van der Waals surface area (Å²) in [6, 6.07) is 12.1. The summed E-state index contributed by atoms with van der Waals surface area (Å²) in [4.78, 5) is 31.0. The highest BCUT2D eigenvalue weighted by atomic mass is 32.2. The Hall–Kier alpha value is -2.89. The second-order valence-corrected chi connectivity index (χ2v) is 10.5. The molecule has 6 nitrogen and oxygen atoms in total. The van der Waals surface area contributed by atoms with E-state index in [9.17, 15) is 14.9 Å². The Morgan fingerprint density at radius 1 is 1.11 bits per heavy atom. The van der Waals surface area contributed by atoms with Gasteiger partial charge < -0.3 is 4.90 Å². The van der Waals surface area contributed by atoms with Gasteiger partial charge in [-0.05, 0) is 50.3 Å². The van der Waals surface area contributed by atoms with Crippen molar-refractivity contribution >= 4 is 46.1 Å². The summed E-state index contributed by atoms with van der Waals surface area (Å²) < 4.78 is 2.23. The molecule has 182 valence electrons. The Morgan fingerprint density at radius 3 is 2.43 bits per heavy atom. The highest BCUT2D eigenvalue weighted by Gasteiger charge is 2.33. The molecule has 2 fully saturated rings. The van der Waals surface area contributed by atoms with Crippen LogP contribution >= 0.6 is 24.0 Å². The third kappa shape index (κ3) is 5.21. The number of aromatic nitrogens is 1. The largest absolute Gasteiger partial charge is 0.357 e. The highest BCUT2D eigenvalue weighted by Crippen LogP contribution is 2.36. The van der Waals surface area contributed by atoms with Crippen LogP contribution in [0.2, 0.25) is 0 Å². The fourth-order valence-electron chi connectivity index (χ4n) is 4.77. The molecule has 0 bridgehead atoms. The SMILES string of the molecule is CCn1c(N2CCCCCC2)c(C=C2SC(=S)N(CCc3ccccc3)C2=O)c(C)c(C#N)c1=O. The molecule has 0 saturated carbocycles. The summed E-state index contributed by atoms with van der Waals surface area (Å²) in [5.41, 5.74) is 2.42. The monoisotopic (exact) mass is 506 g/mol. The number of anilines is 1. The molecule has 2 aromatic rings. The van der Waals surface area contributed by atoms with E-state index in [-0.39, 0.29) is 17.0 Å². The van der Waals surface area contributed by atoms with E-state index in [1.165, 1.54) is 11.8 Å². The van der Waals surface area contributed by atoms with E-state index in [1.807, 2.05) is 50.3 Å². The first-order valence-corrected chi connectivity index (χ1v) is 13.4. The Balaban J connectivity index is 1.75. The molecule has 0 spiro atoms. The summed E-state index contributed by atoms with van der Waals surface area (Å²) in [6.45, 7) is 6.41. The second kappa shape index (κ2) is 11.2. The van der Waals surface area contributed by atoms with Crippen LogP contribution < -0.4 is 10.5 Å². The van der Waals surface area contributed by atoms with Gasteiger partial charge in [0.1, 0.15) is 21.8 Å². The number of amides is 1. The number of pyridine rings is 1. The molecule has 0 radical (unpaired) electrons. The van der Waals surface area contributed by atoms with Crippen LogP contribution in [0, 0.1) is 18.3 Å². The number of nitriles is 1. The number of hydrogen-bond acceptors (Lipinski definition) is 6. The molecule has 0 N–H and O–H groups in total. The number of thioether (sulfide) groups is 1. The summed E-state index contributed by atoms with van der Waals surface area (Å²) in [5.74, 6) is 0.690. The maximum Gasteiger partial charge on any atom is 0.270 e. The van der Waals surface area contributed by atoms with E-state index in [1.54, 1.807) is 9.47 Å². The third-order valence-electron chi connectivity index (χ3n) is 6.68. The Kier molecular flexibility index (Phi) is 8.09. The molecule has 2 saturated heterocycles. The molecule has 4 rings (SSSR count). The van der Waals surface area contributed by atoms with E-state index in [0.717, 1.165) is 62.1 Å². The molecular weight excluding hydrogens is 476 g/mol. The van der Waals surface area contributed by atoms with Crippen molar-refractivity contribution < 1.29 is 4.79 Å². The van der Waals surface area contributed by atoms with Gasteiger partial charge in [-0.25, -0.2) is 0 Å². The van der Waals surface area contributed by atoms with Gasteiger partial charge in [0.25, 0.3) is 11.5 Å². The van der Waals surface area contributed by atoms with Crippen LogP contribution in [0.25, 0.3) is 6.08 Å². The van der Waals surface area contributed by atoms with Crippen LogP contribution in [0.15, 0.2) is 40.0 Å². The minimum Gasteiger partial charge on any atom is -0.357 e. The number of rotatable bonds is 6.